The highest BCUT2D eigenvalue weighted by Gasteiger charge is 2.09. The Morgan fingerprint density at radius 2 is 2.00 bits per heavy atom. The third kappa shape index (κ3) is 2.97. The molecule has 0 aliphatic rings. The van der Waals surface area contributed by atoms with Crippen molar-refractivity contribution in [3.05, 3.63) is 47.8 Å². The first-order valence-electron chi connectivity index (χ1n) is 7.16. The zero-order valence-corrected chi connectivity index (χ0v) is 12.7. The predicted octanol–water partition coefficient (Wildman–Crippen LogP) is 2.77. The van der Waals surface area contributed by atoms with Gasteiger partial charge in [-0.25, -0.2) is 0 Å². The molecule has 1 aromatic carbocycles. The first-order chi connectivity index (χ1) is 10.1. The van der Waals surface area contributed by atoms with E-state index in [0.717, 1.165) is 13.1 Å². The number of fused-ring (bicyclic) bond motifs is 1. The van der Waals surface area contributed by atoms with Gasteiger partial charge in [0, 0.05) is 31.2 Å². The summed E-state index contributed by atoms with van der Waals surface area (Å²) in [6.07, 6.45) is 0. The van der Waals surface area contributed by atoms with Gasteiger partial charge in [0.25, 0.3) is 0 Å². The lowest BCUT2D eigenvalue weighted by atomic mass is 10.2. The molecule has 2 heterocycles. The van der Waals surface area contributed by atoms with E-state index in [2.05, 4.69) is 64.0 Å². The topological polar surface area (TPSA) is 47.1 Å². The van der Waals surface area contributed by atoms with Crippen LogP contribution in [0.3, 0.4) is 0 Å². The Kier molecular flexibility index (Phi) is 3.75. The number of rotatable bonds is 5. The quantitative estimate of drug-likeness (QED) is 0.723. The Morgan fingerprint density at radius 3 is 2.76 bits per heavy atom. The second-order valence-corrected chi connectivity index (χ2v) is 5.45. The van der Waals surface area contributed by atoms with Crippen LogP contribution < -0.4 is 0 Å². The van der Waals surface area contributed by atoms with Gasteiger partial charge in [0.1, 0.15) is 0 Å². The van der Waals surface area contributed by atoms with Crippen LogP contribution in [0.5, 0.6) is 0 Å². The van der Waals surface area contributed by atoms with Gasteiger partial charge < -0.3 is 8.98 Å². The van der Waals surface area contributed by atoms with Crippen LogP contribution >= 0.6 is 0 Å². The summed E-state index contributed by atoms with van der Waals surface area (Å²) in [4.78, 5) is 2.20. The lowest BCUT2D eigenvalue weighted by Crippen LogP contribution is -2.23. The minimum Gasteiger partial charge on any atom is -0.424 e. The van der Waals surface area contributed by atoms with Crippen LogP contribution in [0.1, 0.15) is 17.5 Å². The second-order valence-electron chi connectivity index (χ2n) is 5.45. The van der Waals surface area contributed by atoms with E-state index in [1.165, 1.54) is 16.6 Å². The number of aromatic nitrogens is 3. The Bertz CT molecular complexity index is 744. The molecule has 5 nitrogen and oxygen atoms in total. The molecule has 3 rings (SSSR count). The van der Waals surface area contributed by atoms with Crippen molar-refractivity contribution >= 4 is 10.9 Å². The first kappa shape index (κ1) is 13.8. The lowest BCUT2D eigenvalue weighted by Gasteiger charge is -2.16. The number of hydrogen-bond donors (Lipinski definition) is 0. The number of nitrogens with zero attached hydrogens (tertiary/aromatic N) is 4. The summed E-state index contributed by atoms with van der Waals surface area (Å²) in [5, 5.41) is 9.19. The van der Waals surface area contributed by atoms with Crippen LogP contribution in [-0.2, 0) is 13.1 Å². The molecule has 0 saturated carbocycles. The SMILES string of the molecule is Cc1nnc(CN(C)CCn2c(C)cc3ccccc32)o1. The largest absolute Gasteiger partial charge is 0.424 e. The van der Waals surface area contributed by atoms with E-state index in [0.29, 0.717) is 18.3 Å². The molecule has 0 bridgehead atoms. The molecule has 3 aromatic rings. The Hall–Kier alpha value is -2.14. The summed E-state index contributed by atoms with van der Waals surface area (Å²) in [6.45, 7) is 6.52. The minimum absolute atomic E-state index is 0.616. The number of benzene rings is 1. The van der Waals surface area contributed by atoms with E-state index in [9.17, 15) is 0 Å². The highest BCUT2D eigenvalue weighted by Crippen LogP contribution is 2.19. The summed E-state index contributed by atoms with van der Waals surface area (Å²) < 4.78 is 7.77. The van der Waals surface area contributed by atoms with Crippen LogP contribution in [0.2, 0.25) is 0 Å². The Balaban J connectivity index is 1.67. The van der Waals surface area contributed by atoms with Gasteiger partial charge in [-0.2, -0.15) is 0 Å². The van der Waals surface area contributed by atoms with E-state index >= 15 is 0 Å². The highest BCUT2D eigenvalue weighted by molar-refractivity contribution is 5.81. The van der Waals surface area contributed by atoms with Gasteiger partial charge >= 0.3 is 0 Å². The molecular weight excluding hydrogens is 264 g/mol. The van der Waals surface area contributed by atoms with Gasteiger partial charge in [-0.05, 0) is 31.5 Å². The predicted molar refractivity (Wildman–Crippen MR) is 82.0 cm³/mol. The van der Waals surface area contributed by atoms with Gasteiger partial charge in [-0.15, -0.1) is 10.2 Å². The Labute approximate surface area is 124 Å². The van der Waals surface area contributed by atoms with Gasteiger partial charge in [-0.3, -0.25) is 4.90 Å². The van der Waals surface area contributed by atoms with Crippen LogP contribution in [0.15, 0.2) is 34.7 Å². The third-order valence-electron chi connectivity index (χ3n) is 3.70. The van der Waals surface area contributed by atoms with Crippen molar-refractivity contribution in [2.45, 2.75) is 26.9 Å². The lowest BCUT2D eigenvalue weighted by molar-refractivity contribution is 0.276. The molecule has 21 heavy (non-hydrogen) atoms. The van der Waals surface area contributed by atoms with Gasteiger partial charge in [0.15, 0.2) is 0 Å². The molecule has 0 fully saturated rings. The molecule has 110 valence electrons. The second kappa shape index (κ2) is 5.69. The fourth-order valence-electron chi connectivity index (χ4n) is 2.63. The van der Waals surface area contributed by atoms with E-state index < -0.39 is 0 Å². The number of para-hydroxylation sites is 1. The normalized spacial score (nSPS) is 11.6. The number of likely N-dealkylation sites (N-methyl/N-ethyl adjacent to an activating group) is 1. The van der Waals surface area contributed by atoms with Crippen molar-refractivity contribution in [3.8, 4) is 0 Å². The fraction of sp³-hybridized carbons (Fsp3) is 0.375. The van der Waals surface area contributed by atoms with Gasteiger partial charge in [0.2, 0.25) is 11.8 Å². The molecule has 0 saturated heterocycles. The third-order valence-corrected chi connectivity index (χ3v) is 3.70. The molecule has 0 aliphatic carbocycles. The maximum atomic E-state index is 5.41. The summed E-state index contributed by atoms with van der Waals surface area (Å²) in [5.41, 5.74) is 2.58. The van der Waals surface area contributed by atoms with Crippen LogP contribution in [0.25, 0.3) is 10.9 Å². The van der Waals surface area contributed by atoms with Crippen molar-refractivity contribution in [2.75, 3.05) is 13.6 Å². The maximum absolute atomic E-state index is 5.41. The van der Waals surface area contributed by atoms with Crippen LogP contribution in [0.4, 0.5) is 0 Å². The molecular formula is C16H20N4O. The van der Waals surface area contributed by atoms with Crippen molar-refractivity contribution in [1.29, 1.82) is 0 Å². The zero-order valence-electron chi connectivity index (χ0n) is 12.7. The minimum atomic E-state index is 0.616. The standard InChI is InChI=1S/C16H20N4O/c1-12-10-14-6-4-5-7-15(14)20(12)9-8-19(3)11-16-18-17-13(2)21-16/h4-7,10H,8-9,11H2,1-3H3. The molecule has 0 radical (unpaired) electrons. The van der Waals surface area contributed by atoms with Crippen molar-refractivity contribution in [1.82, 2.24) is 19.7 Å². The van der Waals surface area contributed by atoms with E-state index in [4.69, 9.17) is 4.42 Å². The molecule has 0 N–H and O–H groups in total. The fourth-order valence-corrected chi connectivity index (χ4v) is 2.63. The van der Waals surface area contributed by atoms with Crippen molar-refractivity contribution < 1.29 is 4.42 Å². The molecule has 0 spiro atoms. The highest BCUT2D eigenvalue weighted by atomic mass is 16.4. The van der Waals surface area contributed by atoms with Gasteiger partial charge in [0.05, 0.1) is 6.54 Å². The molecule has 0 aliphatic heterocycles. The molecule has 0 amide bonds. The van der Waals surface area contributed by atoms with Crippen molar-refractivity contribution in [3.63, 3.8) is 0 Å². The molecule has 2 aromatic heterocycles. The first-order valence-corrected chi connectivity index (χ1v) is 7.16. The van der Waals surface area contributed by atoms with E-state index in [1.54, 1.807) is 0 Å². The smallest absolute Gasteiger partial charge is 0.230 e. The summed E-state index contributed by atoms with van der Waals surface area (Å²) in [7, 11) is 2.07. The number of hydrogen-bond acceptors (Lipinski definition) is 4. The summed E-state index contributed by atoms with van der Waals surface area (Å²) >= 11 is 0. The average molecular weight is 284 g/mol. The summed E-state index contributed by atoms with van der Waals surface area (Å²) in [6, 6.07) is 10.7. The average Bonchev–Trinajstić information content (AvgIpc) is 2.99. The maximum Gasteiger partial charge on any atom is 0.230 e. The van der Waals surface area contributed by atoms with Crippen LogP contribution in [-0.4, -0.2) is 33.3 Å². The van der Waals surface area contributed by atoms with Crippen LogP contribution in [0, 0.1) is 13.8 Å². The molecule has 0 atom stereocenters. The molecule has 0 unspecified atom stereocenters. The van der Waals surface area contributed by atoms with E-state index in [1.807, 2.05) is 6.92 Å². The zero-order chi connectivity index (χ0) is 14.8. The monoisotopic (exact) mass is 284 g/mol. The Morgan fingerprint density at radius 1 is 1.19 bits per heavy atom. The van der Waals surface area contributed by atoms with Gasteiger partial charge in [-0.1, -0.05) is 18.2 Å². The summed E-state index contributed by atoms with van der Waals surface area (Å²) in [5.74, 6) is 1.29. The number of aryl methyl sites for hydroxylation is 2. The van der Waals surface area contributed by atoms with E-state index in [-0.39, 0.29) is 0 Å². The molecule has 5 heteroatoms. The van der Waals surface area contributed by atoms with Crippen molar-refractivity contribution in [2.24, 2.45) is 0 Å².